The van der Waals surface area contributed by atoms with Crippen molar-refractivity contribution in [1.29, 1.82) is 0 Å². The van der Waals surface area contributed by atoms with Crippen molar-refractivity contribution in [2.45, 2.75) is 10.2 Å². The number of thioether (sulfide) groups is 1. The molecule has 0 bridgehead atoms. The van der Waals surface area contributed by atoms with Gasteiger partial charge in [-0.2, -0.15) is 0 Å². The van der Waals surface area contributed by atoms with Crippen LogP contribution >= 0.6 is 11.8 Å². The minimum Gasteiger partial charge on any atom is -0.374 e. The molecule has 51 valence electrons. The first-order chi connectivity index (χ1) is 3.81. The van der Waals surface area contributed by atoms with Gasteiger partial charge < -0.3 is 5.11 Å². The Labute approximate surface area is 68.4 Å². The second-order valence-electron chi connectivity index (χ2n) is 2.03. The number of allylic oxidation sites excluding steroid dienone is 2. The van der Waals surface area contributed by atoms with Crippen molar-refractivity contribution in [3.8, 4) is 0 Å². The van der Waals surface area contributed by atoms with Crippen molar-refractivity contribution >= 4 is 11.8 Å². The predicted octanol–water partition coefficient (Wildman–Crippen LogP) is 0.914. The van der Waals surface area contributed by atoms with Crippen molar-refractivity contribution in [3.05, 3.63) is 24.3 Å². The van der Waals surface area contributed by atoms with Gasteiger partial charge in [-0.3, -0.25) is 0 Å². The largest absolute Gasteiger partial charge is 0.374 e. The van der Waals surface area contributed by atoms with Gasteiger partial charge in [-0.25, -0.2) is 0 Å². The summed E-state index contributed by atoms with van der Waals surface area (Å²) in [5.41, 5.74) is 0. The van der Waals surface area contributed by atoms with Crippen molar-refractivity contribution in [3.63, 3.8) is 0 Å². The topological polar surface area (TPSA) is 20.2 Å². The summed E-state index contributed by atoms with van der Waals surface area (Å²) in [5, 5.41) is 9.63. The van der Waals surface area contributed by atoms with Crippen LogP contribution in [0, 0.1) is 0 Å². The third kappa shape index (κ3) is 1.10. The average Bonchev–Trinajstić information content (AvgIpc) is 2.39. The molecule has 1 fully saturated rings. The van der Waals surface area contributed by atoms with Gasteiger partial charge in [0.25, 0.3) is 0 Å². The molecule has 1 heterocycles. The van der Waals surface area contributed by atoms with Crippen molar-refractivity contribution in [2.24, 2.45) is 0 Å². The molecule has 2 unspecified atom stereocenters. The molecule has 0 spiro atoms. The summed E-state index contributed by atoms with van der Waals surface area (Å²) < 4.78 is 0. The Hall–Kier alpha value is 0.296. The van der Waals surface area contributed by atoms with E-state index in [9.17, 15) is 5.11 Å². The van der Waals surface area contributed by atoms with E-state index in [1.807, 2.05) is 24.3 Å². The normalized spacial score (nSPS) is 43.4. The van der Waals surface area contributed by atoms with Gasteiger partial charge in [-0.15, -0.1) is 11.8 Å². The standard InChI is InChI=1S/C6H6OS.Co/c7-6-4-2-1-3-5(6)8-6;/h1-5,7H;. The number of fused-ring (bicyclic) bond motifs is 1. The fraction of sp³-hybridized carbons (Fsp3) is 0.333. The van der Waals surface area contributed by atoms with E-state index in [1.54, 1.807) is 11.8 Å². The van der Waals surface area contributed by atoms with E-state index in [0.29, 0.717) is 5.25 Å². The Morgan fingerprint density at radius 1 is 1.44 bits per heavy atom. The maximum Gasteiger partial charge on any atom is 0.145 e. The van der Waals surface area contributed by atoms with Gasteiger partial charge in [-0.1, -0.05) is 18.2 Å². The molecular weight excluding hydrogens is 179 g/mol. The molecule has 0 aromatic rings. The summed E-state index contributed by atoms with van der Waals surface area (Å²) in [7, 11) is 0. The summed E-state index contributed by atoms with van der Waals surface area (Å²) in [4.78, 5) is -0.505. The van der Waals surface area contributed by atoms with Crippen molar-refractivity contribution in [2.75, 3.05) is 0 Å². The van der Waals surface area contributed by atoms with E-state index < -0.39 is 4.93 Å². The van der Waals surface area contributed by atoms with E-state index in [2.05, 4.69) is 0 Å². The molecule has 1 radical (unpaired) electrons. The van der Waals surface area contributed by atoms with Gasteiger partial charge in [0.2, 0.25) is 0 Å². The maximum atomic E-state index is 9.27. The molecule has 2 rings (SSSR count). The Bertz CT molecular complexity index is 178. The van der Waals surface area contributed by atoms with Gasteiger partial charge in [0.05, 0.1) is 5.25 Å². The SMILES string of the molecule is OC12C=CC=CC1S2.[Co]. The van der Waals surface area contributed by atoms with Crippen LogP contribution in [0.15, 0.2) is 24.3 Å². The first-order valence-electron chi connectivity index (χ1n) is 2.57. The van der Waals surface area contributed by atoms with Crippen LogP contribution in [0.3, 0.4) is 0 Å². The van der Waals surface area contributed by atoms with Gasteiger partial charge in [-0.05, 0) is 6.08 Å². The smallest absolute Gasteiger partial charge is 0.145 e. The van der Waals surface area contributed by atoms with E-state index in [0.717, 1.165) is 0 Å². The Morgan fingerprint density at radius 2 is 2.22 bits per heavy atom. The molecular formula is C6H6CoOS. The maximum absolute atomic E-state index is 9.27. The van der Waals surface area contributed by atoms with Crippen LogP contribution in [0.4, 0.5) is 0 Å². The zero-order valence-electron chi connectivity index (χ0n) is 4.58. The van der Waals surface area contributed by atoms with Gasteiger partial charge in [0.1, 0.15) is 4.93 Å². The number of hydrogen-bond acceptors (Lipinski definition) is 2. The van der Waals surface area contributed by atoms with E-state index in [1.165, 1.54) is 0 Å². The number of aliphatic hydroxyl groups is 1. The molecule has 9 heavy (non-hydrogen) atoms. The van der Waals surface area contributed by atoms with Gasteiger partial charge in [0.15, 0.2) is 0 Å². The predicted molar refractivity (Wildman–Crippen MR) is 34.6 cm³/mol. The summed E-state index contributed by atoms with van der Waals surface area (Å²) >= 11 is 1.58. The zero-order valence-corrected chi connectivity index (χ0v) is 6.43. The van der Waals surface area contributed by atoms with Crippen LogP contribution in [-0.4, -0.2) is 15.3 Å². The van der Waals surface area contributed by atoms with Crippen LogP contribution in [0.1, 0.15) is 0 Å². The minimum atomic E-state index is -0.505. The summed E-state index contributed by atoms with van der Waals surface area (Å²) in [5.74, 6) is 0. The minimum absolute atomic E-state index is 0. The van der Waals surface area contributed by atoms with E-state index >= 15 is 0 Å². The number of rotatable bonds is 0. The second kappa shape index (κ2) is 2.16. The zero-order chi connectivity index (χ0) is 5.61. The molecule has 0 aromatic heterocycles. The van der Waals surface area contributed by atoms with Crippen LogP contribution in [0.25, 0.3) is 0 Å². The first kappa shape index (κ1) is 7.40. The van der Waals surface area contributed by atoms with Gasteiger partial charge >= 0.3 is 0 Å². The molecule has 1 N–H and O–H groups in total. The molecule has 3 heteroatoms. The molecule has 0 aromatic carbocycles. The summed E-state index contributed by atoms with van der Waals surface area (Å²) in [6, 6.07) is 0. The Kier molecular flexibility index (Phi) is 1.78. The Morgan fingerprint density at radius 3 is 2.67 bits per heavy atom. The fourth-order valence-electron chi connectivity index (χ4n) is 0.839. The third-order valence-corrected chi connectivity index (χ3v) is 2.68. The van der Waals surface area contributed by atoms with Crippen LogP contribution in [-0.2, 0) is 16.8 Å². The molecule has 1 saturated heterocycles. The van der Waals surface area contributed by atoms with Gasteiger partial charge in [0, 0.05) is 16.8 Å². The molecule has 0 saturated carbocycles. The second-order valence-corrected chi connectivity index (χ2v) is 3.43. The van der Waals surface area contributed by atoms with Crippen LogP contribution in [0.5, 0.6) is 0 Å². The number of hydrogen-bond donors (Lipinski definition) is 1. The molecule has 1 aliphatic carbocycles. The van der Waals surface area contributed by atoms with Crippen molar-refractivity contribution < 1.29 is 21.9 Å². The quantitative estimate of drug-likeness (QED) is 0.566. The van der Waals surface area contributed by atoms with E-state index in [4.69, 9.17) is 0 Å². The van der Waals surface area contributed by atoms with Crippen LogP contribution in [0.2, 0.25) is 0 Å². The molecule has 1 nitrogen and oxygen atoms in total. The Balaban J connectivity index is 0.000000405. The first-order valence-corrected chi connectivity index (χ1v) is 3.45. The monoisotopic (exact) mass is 185 g/mol. The van der Waals surface area contributed by atoms with Crippen molar-refractivity contribution in [1.82, 2.24) is 0 Å². The molecule has 2 aliphatic rings. The summed E-state index contributed by atoms with van der Waals surface area (Å²) in [6.07, 6.45) is 7.71. The van der Waals surface area contributed by atoms with E-state index in [-0.39, 0.29) is 16.8 Å². The fourth-order valence-corrected chi connectivity index (χ4v) is 1.66. The molecule has 2 atom stereocenters. The van der Waals surface area contributed by atoms with Crippen LogP contribution < -0.4 is 0 Å². The average molecular weight is 185 g/mol. The molecule has 1 aliphatic heterocycles. The summed E-state index contributed by atoms with van der Waals surface area (Å²) in [6.45, 7) is 0. The molecule has 0 amide bonds. The third-order valence-electron chi connectivity index (χ3n) is 1.40.